The van der Waals surface area contributed by atoms with Gasteiger partial charge in [0.1, 0.15) is 0 Å². The molecule has 0 bridgehead atoms. The van der Waals surface area contributed by atoms with Crippen molar-refractivity contribution in [2.24, 2.45) is 0 Å². The molecule has 2 amide bonds. The van der Waals surface area contributed by atoms with E-state index < -0.39 is 5.97 Å². The van der Waals surface area contributed by atoms with Crippen LogP contribution in [0.1, 0.15) is 23.2 Å². The molecule has 2 rings (SSSR count). The highest BCUT2D eigenvalue weighted by molar-refractivity contribution is 9.10. The Morgan fingerprint density at radius 3 is 2.56 bits per heavy atom. The van der Waals surface area contributed by atoms with Crippen LogP contribution < -0.4 is 5.32 Å². The second kappa shape index (κ2) is 5.39. The van der Waals surface area contributed by atoms with Gasteiger partial charge in [0.15, 0.2) is 0 Å². The van der Waals surface area contributed by atoms with Gasteiger partial charge in [-0.25, -0.2) is 9.59 Å². The summed E-state index contributed by atoms with van der Waals surface area (Å²) in [5.41, 5.74) is 0.627. The number of benzene rings is 1. The molecule has 18 heavy (non-hydrogen) atoms. The van der Waals surface area contributed by atoms with Crippen molar-refractivity contribution in [3.8, 4) is 0 Å². The van der Waals surface area contributed by atoms with Crippen molar-refractivity contribution < 1.29 is 14.7 Å². The first-order chi connectivity index (χ1) is 8.58. The monoisotopic (exact) mass is 312 g/mol. The molecule has 0 unspecified atom stereocenters. The molecule has 0 saturated carbocycles. The second-order valence-corrected chi connectivity index (χ2v) is 4.98. The Morgan fingerprint density at radius 1 is 1.28 bits per heavy atom. The quantitative estimate of drug-likeness (QED) is 0.882. The van der Waals surface area contributed by atoms with Gasteiger partial charge in [-0.1, -0.05) is 0 Å². The molecule has 96 valence electrons. The summed E-state index contributed by atoms with van der Waals surface area (Å²) >= 11 is 3.16. The summed E-state index contributed by atoms with van der Waals surface area (Å²) in [5, 5.41) is 11.7. The Bertz CT molecular complexity index is 484. The van der Waals surface area contributed by atoms with E-state index in [9.17, 15) is 9.59 Å². The lowest BCUT2D eigenvalue weighted by Gasteiger charge is -2.16. The van der Waals surface area contributed by atoms with Gasteiger partial charge in [-0.2, -0.15) is 0 Å². The molecular formula is C12H13BrN2O3. The molecular weight excluding hydrogens is 300 g/mol. The van der Waals surface area contributed by atoms with E-state index in [0.717, 1.165) is 25.9 Å². The van der Waals surface area contributed by atoms with Crippen molar-refractivity contribution in [2.45, 2.75) is 12.8 Å². The van der Waals surface area contributed by atoms with Crippen LogP contribution >= 0.6 is 15.9 Å². The number of likely N-dealkylation sites (tertiary alicyclic amines) is 1. The lowest BCUT2D eigenvalue weighted by Crippen LogP contribution is -2.32. The normalized spacial score (nSPS) is 14.6. The lowest BCUT2D eigenvalue weighted by atomic mass is 10.2. The Morgan fingerprint density at radius 2 is 1.94 bits per heavy atom. The molecule has 0 radical (unpaired) electrons. The number of urea groups is 1. The first kappa shape index (κ1) is 12.9. The van der Waals surface area contributed by atoms with Crippen molar-refractivity contribution in [3.05, 3.63) is 28.2 Å². The highest BCUT2D eigenvalue weighted by Gasteiger charge is 2.18. The van der Waals surface area contributed by atoms with Crippen LogP contribution in [0, 0.1) is 0 Å². The molecule has 1 fully saturated rings. The number of carboxylic acids is 1. The Kier molecular flexibility index (Phi) is 3.86. The van der Waals surface area contributed by atoms with Crippen LogP contribution in [0.25, 0.3) is 0 Å². The first-order valence-electron chi connectivity index (χ1n) is 5.66. The van der Waals surface area contributed by atoms with Crippen LogP contribution in [0.4, 0.5) is 10.5 Å². The molecule has 0 aliphatic carbocycles. The average Bonchev–Trinajstić information content (AvgIpc) is 2.85. The predicted octanol–water partition coefficient (Wildman–Crippen LogP) is 2.78. The molecule has 0 atom stereocenters. The van der Waals surface area contributed by atoms with Crippen LogP contribution in [-0.2, 0) is 0 Å². The number of carbonyl (C=O) groups is 2. The van der Waals surface area contributed by atoms with Gasteiger partial charge in [-0.15, -0.1) is 0 Å². The molecule has 5 nitrogen and oxygen atoms in total. The molecule has 1 aromatic rings. The predicted molar refractivity (Wildman–Crippen MR) is 70.9 cm³/mol. The van der Waals surface area contributed by atoms with Crippen LogP contribution in [0.5, 0.6) is 0 Å². The molecule has 1 aromatic carbocycles. The number of nitrogens with one attached hydrogen (secondary N) is 1. The third-order valence-corrected chi connectivity index (χ3v) is 3.53. The van der Waals surface area contributed by atoms with Gasteiger partial charge >= 0.3 is 12.0 Å². The number of carbonyl (C=O) groups excluding carboxylic acids is 1. The summed E-state index contributed by atoms with van der Waals surface area (Å²) in [4.78, 5) is 24.5. The minimum absolute atomic E-state index is 0.134. The fraction of sp³-hybridized carbons (Fsp3) is 0.333. The number of rotatable bonds is 2. The maximum absolute atomic E-state index is 11.8. The van der Waals surface area contributed by atoms with E-state index in [1.54, 1.807) is 17.0 Å². The zero-order chi connectivity index (χ0) is 13.1. The summed E-state index contributed by atoms with van der Waals surface area (Å²) in [6, 6.07) is 4.56. The van der Waals surface area contributed by atoms with Crippen molar-refractivity contribution >= 4 is 33.6 Å². The van der Waals surface area contributed by atoms with Gasteiger partial charge in [0, 0.05) is 23.2 Å². The average molecular weight is 313 g/mol. The van der Waals surface area contributed by atoms with Crippen LogP contribution in [0.15, 0.2) is 22.7 Å². The van der Waals surface area contributed by atoms with Gasteiger partial charge in [-0.05, 0) is 47.0 Å². The largest absolute Gasteiger partial charge is 0.478 e. The fourth-order valence-corrected chi connectivity index (χ4v) is 2.31. The molecule has 1 saturated heterocycles. The van der Waals surface area contributed by atoms with Crippen molar-refractivity contribution in [1.82, 2.24) is 4.90 Å². The van der Waals surface area contributed by atoms with Crippen molar-refractivity contribution in [2.75, 3.05) is 18.4 Å². The molecule has 1 heterocycles. The van der Waals surface area contributed by atoms with Crippen molar-refractivity contribution in [1.29, 1.82) is 0 Å². The number of aromatic carboxylic acids is 1. The van der Waals surface area contributed by atoms with E-state index in [4.69, 9.17) is 5.11 Å². The summed E-state index contributed by atoms with van der Waals surface area (Å²) < 4.78 is 0.495. The zero-order valence-corrected chi connectivity index (χ0v) is 11.2. The molecule has 0 spiro atoms. The fourth-order valence-electron chi connectivity index (χ4n) is 1.89. The molecule has 1 aliphatic heterocycles. The maximum atomic E-state index is 11.8. The van der Waals surface area contributed by atoms with E-state index in [-0.39, 0.29) is 11.6 Å². The number of nitrogens with zero attached hydrogens (tertiary/aromatic N) is 1. The van der Waals surface area contributed by atoms with Crippen LogP contribution in [0.3, 0.4) is 0 Å². The van der Waals surface area contributed by atoms with E-state index in [1.165, 1.54) is 6.07 Å². The minimum atomic E-state index is -1.03. The molecule has 0 aromatic heterocycles. The van der Waals surface area contributed by atoms with E-state index in [0.29, 0.717) is 10.2 Å². The topological polar surface area (TPSA) is 69.6 Å². The third-order valence-electron chi connectivity index (χ3n) is 2.84. The van der Waals surface area contributed by atoms with Crippen LogP contribution in [-0.4, -0.2) is 35.1 Å². The SMILES string of the molecule is O=C(O)c1cc(NC(=O)N2CCCC2)ccc1Br. The highest BCUT2D eigenvalue weighted by Crippen LogP contribution is 2.21. The molecule has 6 heteroatoms. The van der Waals surface area contributed by atoms with Crippen LogP contribution in [0.2, 0.25) is 0 Å². The maximum Gasteiger partial charge on any atom is 0.336 e. The Labute approximate surface area is 113 Å². The Balaban J connectivity index is 2.11. The van der Waals surface area contributed by atoms with Crippen molar-refractivity contribution in [3.63, 3.8) is 0 Å². The van der Waals surface area contributed by atoms with E-state index in [1.807, 2.05) is 0 Å². The summed E-state index contributed by atoms with van der Waals surface area (Å²) in [7, 11) is 0. The summed E-state index contributed by atoms with van der Waals surface area (Å²) in [5.74, 6) is -1.03. The standard InChI is InChI=1S/C12H13BrN2O3/c13-10-4-3-8(7-9(10)11(16)17)14-12(18)15-5-1-2-6-15/h3-4,7H,1-2,5-6H2,(H,14,18)(H,16,17). The van der Waals surface area contributed by atoms with Gasteiger partial charge in [-0.3, -0.25) is 0 Å². The number of hydrogen-bond donors (Lipinski definition) is 2. The first-order valence-corrected chi connectivity index (χ1v) is 6.46. The number of anilines is 1. The summed E-state index contributed by atoms with van der Waals surface area (Å²) in [6.07, 6.45) is 2.04. The van der Waals surface area contributed by atoms with E-state index >= 15 is 0 Å². The number of hydrogen-bond acceptors (Lipinski definition) is 2. The minimum Gasteiger partial charge on any atom is -0.478 e. The highest BCUT2D eigenvalue weighted by atomic mass is 79.9. The number of halogens is 1. The van der Waals surface area contributed by atoms with Gasteiger partial charge in [0.2, 0.25) is 0 Å². The van der Waals surface area contributed by atoms with Gasteiger partial charge in [0.25, 0.3) is 0 Å². The second-order valence-electron chi connectivity index (χ2n) is 4.12. The zero-order valence-electron chi connectivity index (χ0n) is 9.65. The third kappa shape index (κ3) is 2.81. The van der Waals surface area contributed by atoms with E-state index in [2.05, 4.69) is 21.2 Å². The lowest BCUT2D eigenvalue weighted by molar-refractivity contribution is 0.0696. The number of amides is 2. The molecule has 1 aliphatic rings. The summed E-state index contributed by atoms with van der Waals surface area (Å²) in [6.45, 7) is 1.52. The smallest absolute Gasteiger partial charge is 0.336 e. The van der Waals surface area contributed by atoms with Gasteiger partial charge < -0.3 is 15.3 Å². The van der Waals surface area contributed by atoms with Gasteiger partial charge in [0.05, 0.1) is 5.56 Å². The Hall–Kier alpha value is -1.56. The number of carboxylic acid groups (broad SMARTS) is 1. The molecule has 2 N–H and O–H groups in total.